The second kappa shape index (κ2) is 7.58. The van der Waals surface area contributed by atoms with Crippen molar-refractivity contribution in [3.63, 3.8) is 0 Å². The van der Waals surface area contributed by atoms with Crippen LogP contribution in [0.2, 0.25) is 0 Å². The molecule has 0 aromatic heterocycles. The summed E-state index contributed by atoms with van der Waals surface area (Å²) < 4.78 is 14.0. The molecule has 2 fully saturated rings. The van der Waals surface area contributed by atoms with Gasteiger partial charge in [-0.25, -0.2) is 4.39 Å². The topological polar surface area (TPSA) is 49.4 Å². The standard InChI is InChI=1S/C21H20FIN2O2/c22-15-5-10-18(19(23)11-15)21(27)25(17-8-9-17)12-13-1-3-14(4-2-13)20(26)24-16-6-7-16/h1-5,10-11,16-17H,6-9,12H2,(H,24,26). The largest absolute Gasteiger partial charge is 0.349 e. The van der Waals surface area contributed by atoms with Gasteiger partial charge in [-0.05, 0) is 84.2 Å². The molecule has 2 aliphatic carbocycles. The Kier molecular flexibility index (Phi) is 5.16. The van der Waals surface area contributed by atoms with Gasteiger partial charge in [0, 0.05) is 27.8 Å². The molecule has 2 saturated carbocycles. The van der Waals surface area contributed by atoms with Gasteiger partial charge in [0.05, 0.1) is 5.56 Å². The van der Waals surface area contributed by atoms with Crippen LogP contribution < -0.4 is 5.32 Å². The first-order chi connectivity index (χ1) is 13.0. The number of nitrogens with zero attached hydrogens (tertiary/aromatic N) is 1. The zero-order chi connectivity index (χ0) is 19.0. The van der Waals surface area contributed by atoms with Crippen LogP contribution in [-0.4, -0.2) is 28.8 Å². The molecule has 4 rings (SSSR count). The number of nitrogens with one attached hydrogen (secondary N) is 1. The van der Waals surface area contributed by atoms with Crippen LogP contribution >= 0.6 is 22.6 Å². The van der Waals surface area contributed by atoms with Crippen molar-refractivity contribution in [1.82, 2.24) is 10.2 Å². The van der Waals surface area contributed by atoms with Gasteiger partial charge in [-0.2, -0.15) is 0 Å². The van der Waals surface area contributed by atoms with Gasteiger partial charge < -0.3 is 10.2 Å². The van der Waals surface area contributed by atoms with Gasteiger partial charge in [0.25, 0.3) is 11.8 Å². The summed E-state index contributed by atoms with van der Waals surface area (Å²) in [6.45, 7) is 0.488. The van der Waals surface area contributed by atoms with Crippen LogP contribution in [0.5, 0.6) is 0 Å². The highest BCUT2D eigenvalue weighted by Crippen LogP contribution is 2.31. The third kappa shape index (κ3) is 4.48. The van der Waals surface area contributed by atoms with Crippen LogP contribution in [0.4, 0.5) is 4.39 Å². The fourth-order valence-electron chi connectivity index (χ4n) is 3.03. The number of carbonyl (C=O) groups excluding carboxylic acids is 2. The lowest BCUT2D eigenvalue weighted by Crippen LogP contribution is -2.33. The Balaban J connectivity index is 1.48. The molecule has 140 valence electrons. The van der Waals surface area contributed by atoms with Gasteiger partial charge in [0.15, 0.2) is 0 Å². The van der Waals surface area contributed by atoms with Gasteiger partial charge in [-0.15, -0.1) is 0 Å². The third-order valence-corrected chi connectivity index (χ3v) is 5.78. The van der Waals surface area contributed by atoms with Crippen LogP contribution in [0.25, 0.3) is 0 Å². The van der Waals surface area contributed by atoms with Crippen molar-refractivity contribution in [3.8, 4) is 0 Å². The lowest BCUT2D eigenvalue weighted by Gasteiger charge is -2.23. The molecule has 2 aromatic carbocycles. The number of carbonyl (C=O) groups is 2. The third-order valence-electron chi connectivity index (χ3n) is 4.89. The lowest BCUT2D eigenvalue weighted by molar-refractivity contribution is 0.0728. The Bertz CT molecular complexity index is 876. The molecule has 2 aliphatic rings. The number of amides is 2. The fourth-order valence-corrected chi connectivity index (χ4v) is 3.73. The molecule has 0 radical (unpaired) electrons. The minimum atomic E-state index is -0.339. The van der Waals surface area contributed by atoms with E-state index in [0.29, 0.717) is 27.3 Å². The summed E-state index contributed by atoms with van der Waals surface area (Å²) in [6.07, 6.45) is 4.10. The first kappa shape index (κ1) is 18.4. The van der Waals surface area contributed by atoms with Gasteiger partial charge in [0.1, 0.15) is 5.82 Å². The van der Waals surface area contributed by atoms with E-state index in [9.17, 15) is 14.0 Å². The SMILES string of the molecule is O=C(NC1CC1)c1ccc(CN(C(=O)c2ccc(F)cc2I)C2CC2)cc1. The molecule has 6 heteroatoms. The van der Waals surface area contributed by atoms with Gasteiger partial charge in [0.2, 0.25) is 0 Å². The predicted molar refractivity (Wildman–Crippen MR) is 109 cm³/mol. The van der Waals surface area contributed by atoms with Crippen LogP contribution in [0.3, 0.4) is 0 Å². The van der Waals surface area contributed by atoms with Crippen LogP contribution in [-0.2, 0) is 6.54 Å². The van der Waals surface area contributed by atoms with E-state index in [1.165, 1.54) is 12.1 Å². The highest BCUT2D eigenvalue weighted by molar-refractivity contribution is 14.1. The van der Waals surface area contributed by atoms with E-state index in [0.717, 1.165) is 31.2 Å². The highest BCUT2D eigenvalue weighted by Gasteiger charge is 2.33. The molecular weight excluding hydrogens is 458 g/mol. The van der Waals surface area contributed by atoms with Crippen molar-refractivity contribution in [2.75, 3.05) is 0 Å². The summed E-state index contributed by atoms with van der Waals surface area (Å²) in [5.41, 5.74) is 2.16. The molecule has 0 bridgehead atoms. The van der Waals surface area contributed by atoms with E-state index in [4.69, 9.17) is 0 Å². The molecule has 2 aromatic rings. The molecule has 27 heavy (non-hydrogen) atoms. The van der Waals surface area contributed by atoms with E-state index in [1.807, 2.05) is 51.8 Å². The molecule has 0 spiro atoms. The zero-order valence-corrected chi connectivity index (χ0v) is 16.9. The van der Waals surface area contributed by atoms with Crippen LogP contribution in [0.15, 0.2) is 42.5 Å². The minimum absolute atomic E-state index is 0.0416. The Hall–Kier alpha value is -1.96. The van der Waals surface area contributed by atoms with E-state index in [2.05, 4.69) is 5.32 Å². The number of benzene rings is 2. The number of hydrogen-bond acceptors (Lipinski definition) is 2. The predicted octanol–water partition coefficient (Wildman–Crippen LogP) is 4.13. The van der Waals surface area contributed by atoms with Crippen LogP contribution in [0, 0.1) is 9.39 Å². The first-order valence-electron chi connectivity index (χ1n) is 9.17. The molecule has 0 saturated heterocycles. The molecular formula is C21H20FIN2O2. The Morgan fingerprint density at radius 2 is 1.78 bits per heavy atom. The molecule has 0 unspecified atom stereocenters. The maximum Gasteiger partial charge on any atom is 0.255 e. The van der Waals surface area contributed by atoms with Crippen molar-refractivity contribution in [3.05, 3.63) is 68.5 Å². The smallest absolute Gasteiger partial charge is 0.255 e. The average Bonchev–Trinajstić information content (AvgIpc) is 3.54. The second-order valence-corrected chi connectivity index (χ2v) is 8.40. The van der Waals surface area contributed by atoms with Gasteiger partial charge in [-0.1, -0.05) is 12.1 Å². The summed E-state index contributed by atoms with van der Waals surface area (Å²) in [5, 5.41) is 2.97. The quantitative estimate of drug-likeness (QED) is 0.636. The van der Waals surface area contributed by atoms with Crippen molar-refractivity contribution in [2.45, 2.75) is 44.3 Å². The van der Waals surface area contributed by atoms with Crippen molar-refractivity contribution in [1.29, 1.82) is 0 Å². The molecule has 0 aliphatic heterocycles. The normalized spacial score (nSPS) is 16.1. The van der Waals surface area contributed by atoms with E-state index >= 15 is 0 Å². The number of halogens is 2. The summed E-state index contributed by atoms with van der Waals surface area (Å²) in [4.78, 5) is 27.0. The first-order valence-corrected chi connectivity index (χ1v) is 10.2. The molecule has 2 amide bonds. The molecule has 0 atom stereocenters. The molecule has 0 heterocycles. The minimum Gasteiger partial charge on any atom is -0.349 e. The molecule has 1 N–H and O–H groups in total. The zero-order valence-electron chi connectivity index (χ0n) is 14.8. The summed E-state index contributed by atoms with van der Waals surface area (Å²) >= 11 is 2.00. The average molecular weight is 478 g/mol. The highest BCUT2D eigenvalue weighted by atomic mass is 127. The fraction of sp³-hybridized carbons (Fsp3) is 0.333. The maximum atomic E-state index is 13.4. The number of hydrogen-bond donors (Lipinski definition) is 1. The number of rotatable bonds is 6. The molecule has 4 nitrogen and oxygen atoms in total. The van der Waals surface area contributed by atoms with Crippen LogP contribution in [0.1, 0.15) is 52.0 Å². The Morgan fingerprint density at radius 3 is 2.37 bits per heavy atom. The Morgan fingerprint density at radius 1 is 1.07 bits per heavy atom. The van der Waals surface area contributed by atoms with Crippen molar-refractivity contribution < 1.29 is 14.0 Å². The summed E-state index contributed by atoms with van der Waals surface area (Å²) in [6, 6.07) is 12.3. The van der Waals surface area contributed by atoms with E-state index in [-0.39, 0.29) is 23.7 Å². The lowest BCUT2D eigenvalue weighted by atomic mass is 10.1. The monoisotopic (exact) mass is 478 g/mol. The summed E-state index contributed by atoms with van der Waals surface area (Å²) in [5.74, 6) is -0.452. The van der Waals surface area contributed by atoms with Crippen molar-refractivity contribution in [2.24, 2.45) is 0 Å². The van der Waals surface area contributed by atoms with Gasteiger partial charge >= 0.3 is 0 Å². The van der Waals surface area contributed by atoms with E-state index < -0.39 is 0 Å². The maximum absolute atomic E-state index is 13.4. The Labute approximate surface area is 171 Å². The van der Waals surface area contributed by atoms with Crippen molar-refractivity contribution >= 4 is 34.4 Å². The summed E-state index contributed by atoms with van der Waals surface area (Å²) in [7, 11) is 0. The second-order valence-electron chi connectivity index (χ2n) is 7.23. The van der Waals surface area contributed by atoms with E-state index in [1.54, 1.807) is 6.07 Å². The van der Waals surface area contributed by atoms with Gasteiger partial charge in [-0.3, -0.25) is 9.59 Å².